The van der Waals surface area contributed by atoms with Crippen molar-refractivity contribution in [2.24, 2.45) is 0 Å². The van der Waals surface area contributed by atoms with Crippen molar-refractivity contribution >= 4 is 0 Å². The maximum Gasteiger partial charge on any atom is 0.0829 e. The zero-order valence-corrected chi connectivity index (χ0v) is 17.7. The molecular weight excluding hydrogens is 314 g/mol. The summed E-state index contributed by atoms with van der Waals surface area (Å²) in [7, 11) is 0. The Bertz CT molecular complexity index is 327. The van der Waals surface area contributed by atoms with E-state index >= 15 is 0 Å². The van der Waals surface area contributed by atoms with E-state index in [0.717, 1.165) is 65.2 Å². The topological polar surface area (TPSA) is 30.9 Å². The summed E-state index contributed by atoms with van der Waals surface area (Å²) in [6.45, 7) is 18.8. The standard InChI is InChI=1S/C21H43NO3/c1-20(2,3)22-17-19(18-22)24-15-11-7-9-13-23-14-10-8-12-16-25-21(4,5)6/h19H,7-18H2,1-6H3. The van der Waals surface area contributed by atoms with Gasteiger partial charge in [0.25, 0.3) is 0 Å². The van der Waals surface area contributed by atoms with Crippen molar-refractivity contribution in [3.05, 3.63) is 0 Å². The Kier molecular flexibility index (Phi) is 10.6. The molecule has 1 saturated heterocycles. The van der Waals surface area contributed by atoms with E-state index in [4.69, 9.17) is 14.2 Å². The van der Waals surface area contributed by atoms with E-state index in [1.165, 1.54) is 12.8 Å². The minimum atomic E-state index is -0.00910. The van der Waals surface area contributed by atoms with Gasteiger partial charge in [0.1, 0.15) is 0 Å². The van der Waals surface area contributed by atoms with Crippen LogP contribution < -0.4 is 0 Å². The van der Waals surface area contributed by atoms with Crippen LogP contribution in [-0.2, 0) is 14.2 Å². The fraction of sp³-hybridized carbons (Fsp3) is 1.00. The van der Waals surface area contributed by atoms with Gasteiger partial charge in [0.2, 0.25) is 0 Å². The third-order valence-electron chi connectivity index (χ3n) is 4.55. The summed E-state index contributed by atoms with van der Waals surface area (Å²) in [6, 6.07) is 0. The highest BCUT2D eigenvalue weighted by Crippen LogP contribution is 2.22. The molecule has 1 fully saturated rings. The summed E-state index contributed by atoms with van der Waals surface area (Å²) in [4.78, 5) is 2.47. The zero-order valence-electron chi connectivity index (χ0n) is 17.7. The monoisotopic (exact) mass is 357 g/mol. The minimum Gasteiger partial charge on any atom is -0.381 e. The molecule has 4 nitrogen and oxygen atoms in total. The molecular formula is C21H43NO3. The Hall–Kier alpha value is -0.160. The second-order valence-electron chi connectivity index (χ2n) is 9.26. The van der Waals surface area contributed by atoms with Crippen molar-refractivity contribution < 1.29 is 14.2 Å². The first-order valence-electron chi connectivity index (χ1n) is 10.3. The van der Waals surface area contributed by atoms with E-state index in [9.17, 15) is 0 Å². The predicted octanol–water partition coefficient (Wildman–Crippen LogP) is 4.66. The molecule has 0 saturated carbocycles. The van der Waals surface area contributed by atoms with Gasteiger partial charge < -0.3 is 14.2 Å². The molecule has 0 unspecified atom stereocenters. The smallest absolute Gasteiger partial charge is 0.0829 e. The molecule has 4 heteroatoms. The highest BCUT2D eigenvalue weighted by atomic mass is 16.5. The van der Waals surface area contributed by atoms with Crippen LogP contribution in [0.3, 0.4) is 0 Å². The first-order chi connectivity index (χ1) is 11.7. The van der Waals surface area contributed by atoms with Crippen molar-refractivity contribution in [3.8, 4) is 0 Å². The summed E-state index contributed by atoms with van der Waals surface area (Å²) in [5, 5.41) is 0. The van der Waals surface area contributed by atoms with Crippen molar-refractivity contribution in [2.75, 3.05) is 39.5 Å². The number of unbranched alkanes of at least 4 members (excludes halogenated alkanes) is 4. The fourth-order valence-corrected chi connectivity index (χ4v) is 2.79. The summed E-state index contributed by atoms with van der Waals surface area (Å²) in [5.41, 5.74) is 0.279. The van der Waals surface area contributed by atoms with Gasteiger partial charge in [-0.15, -0.1) is 0 Å². The van der Waals surface area contributed by atoms with E-state index in [0.29, 0.717) is 6.10 Å². The lowest BCUT2D eigenvalue weighted by atomic mass is 9.99. The van der Waals surface area contributed by atoms with E-state index in [-0.39, 0.29) is 11.1 Å². The molecule has 1 rings (SSSR count). The molecule has 0 aliphatic carbocycles. The van der Waals surface area contributed by atoms with Crippen molar-refractivity contribution in [3.63, 3.8) is 0 Å². The average molecular weight is 358 g/mol. The quantitative estimate of drug-likeness (QED) is 0.449. The third-order valence-corrected chi connectivity index (χ3v) is 4.55. The molecule has 150 valence electrons. The van der Waals surface area contributed by atoms with Crippen molar-refractivity contribution in [2.45, 2.75) is 97.3 Å². The van der Waals surface area contributed by atoms with Crippen LogP contribution in [0.2, 0.25) is 0 Å². The van der Waals surface area contributed by atoms with Crippen LogP contribution in [0.1, 0.15) is 80.1 Å². The molecule has 0 aromatic heterocycles. The predicted molar refractivity (Wildman–Crippen MR) is 105 cm³/mol. The van der Waals surface area contributed by atoms with Gasteiger partial charge >= 0.3 is 0 Å². The van der Waals surface area contributed by atoms with Crippen LogP contribution in [-0.4, -0.2) is 61.7 Å². The summed E-state index contributed by atoms with van der Waals surface area (Å²) in [6.07, 6.45) is 7.42. The number of rotatable bonds is 13. The maximum atomic E-state index is 5.92. The number of nitrogens with zero attached hydrogens (tertiary/aromatic N) is 1. The average Bonchev–Trinajstić information content (AvgIpc) is 2.43. The Balaban J connectivity index is 1.74. The molecule has 1 aliphatic rings. The van der Waals surface area contributed by atoms with E-state index in [2.05, 4.69) is 46.4 Å². The lowest BCUT2D eigenvalue weighted by Crippen LogP contribution is -2.59. The van der Waals surface area contributed by atoms with Gasteiger partial charge in [0.15, 0.2) is 0 Å². The summed E-state index contributed by atoms with van der Waals surface area (Å²) >= 11 is 0. The lowest BCUT2D eigenvalue weighted by Gasteiger charge is -2.47. The molecule has 0 bridgehead atoms. The molecule has 0 spiro atoms. The highest BCUT2D eigenvalue weighted by molar-refractivity contribution is 4.89. The van der Waals surface area contributed by atoms with Gasteiger partial charge in [-0.1, -0.05) is 0 Å². The lowest BCUT2D eigenvalue weighted by molar-refractivity contribution is -0.0893. The Labute approximate surface area is 156 Å². The Morgan fingerprint density at radius 3 is 1.76 bits per heavy atom. The first kappa shape index (κ1) is 22.9. The van der Waals surface area contributed by atoms with Crippen LogP contribution in [0.25, 0.3) is 0 Å². The Morgan fingerprint density at radius 2 is 1.24 bits per heavy atom. The highest BCUT2D eigenvalue weighted by Gasteiger charge is 2.34. The molecule has 1 aliphatic heterocycles. The largest absolute Gasteiger partial charge is 0.381 e. The van der Waals surface area contributed by atoms with Gasteiger partial charge in [-0.05, 0) is 80.1 Å². The maximum absolute atomic E-state index is 5.92. The first-order valence-corrected chi connectivity index (χ1v) is 10.3. The van der Waals surface area contributed by atoms with E-state index in [1.54, 1.807) is 0 Å². The molecule has 0 aromatic rings. The molecule has 0 radical (unpaired) electrons. The molecule has 0 aromatic carbocycles. The number of ether oxygens (including phenoxy) is 3. The van der Waals surface area contributed by atoms with E-state index < -0.39 is 0 Å². The normalized spacial score (nSPS) is 17.0. The van der Waals surface area contributed by atoms with Crippen molar-refractivity contribution in [1.29, 1.82) is 0 Å². The fourth-order valence-electron chi connectivity index (χ4n) is 2.79. The van der Waals surface area contributed by atoms with Gasteiger partial charge in [0.05, 0.1) is 11.7 Å². The molecule has 0 atom stereocenters. The SMILES string of the molecule is CC(C)(C)OCCCCCOCCCCCOC1CN(C(C)(C)C)C1. The van der Waals surface area contributed by atoms with Crippen LogP contribution >= 0.6 is 0 Å². The van der Waals surface area contributed by atoms with Crippen LogP contribution in [0.15, 0.2) is 0 Å². The number of hydrogen-bond acceptors (Lipinski definition) is 4. The minimum absolute atomic E-state index is 0.00910. The van der Waals surface area contributed by atoms with Gasteiger partial charge in [-0.25, -0.2) is 0 Å². The second-order valence-corrected chi connectivity index (χ2v) is 9.26. The van der Waals surface area contributed by atoms with Crippen LogP contribution in [0.5, 0.6) is 0 Å². The van der Waals surface area contributed by atoms with Crippen LogP contribution in [0, 0.1) is 0 Å². The van der Waals surface area contributed by atoms with E-state index in [1.807, 2.05) is 0 Å². The second kappa shape index (κ2) is 11.5. The molecule has 1 heterocycles. The number of hydrogen-bond donors (Lipinski definition) is 0. The number of likely N-dealkylation sites (tertiary alicyclic amines) is 1. The summed E-state index contributed by atoms with van der Waals surface area (Å²) < 4.78 is 17.3. The summed E-state index contributed by atoms with van der Waals surface area (Å²) in [5.74, 6) is 0. The Morgan fingerprint density at radius 1 is 0.720 bits per heavy atom. The van der Waals surface area contributed by atoms with Gasteiger partial charge in [-0.2, -0.15) is 0 Å². The molecule has 25 heavy (non-hydrogen) atoms. The van der Waals surface area contributed by atoms with Crippen molar-refractivity contribution in [1.82, 2.24) is 4.90 Å². The third kappa shape index (κ3) is 12.0. The van der Waals surface area contributed by atoms with Crippen LogP contribution in [0.4, 0.5) is 0 Å². The molecule has 0 N–H and O–H groups in total. The van der Waals surface area contributed by atoms with Gasteiger partial charge in [-0.3, -0.25) is 4.90 Å². The molecule has 0 amide bonds. The van der Waals surface area contributed by atoms with Gasteiger partial charge in [0, 0.05) is 45.1 Å². The zero-order chi connectivity index (χ0) is 18.8.